The van der Waals surface area contributed by atoms with Gasteiger partial charge in [0.05, 0.1) is 0 Å². The number of carbonyl (C=O) groups excluding carboxylic acids is 1. The molecule has 1 saturated carbocycles. The molecule has 1 aromatic carbocycles. The lowest BCUT2D eigenvalue weighted by Gasteiger charge is -2.11. The molecule has 19 heavy (non-hydrogen) atoms. The molecule has 1 aromatic rings. The molecule has 0 spiro atoms. The molecule has 4 nitrogen and oxygen atoms in total. The fourth-order valence-corrected chi connectivity index (χ4v) is 2.59. The molecule has 1 aliphatic carbocycles. The number of rotatable bonds is 5. The summed E-state index contributed by atoms with van der Waals surface area (Å²) in [4.78, 5) is 11.7. The van der Waals surface area contributed by atoms with Gasteiger partial charge in [-0.25, -0.2) is 4.79 Å². The summed E-state index contributed by atoms with van der Waals surface area (Å²) in [6.07, 6.45) is 6.45. The van der Waals surface area contributed by atoms with Crippen LogP contribution < -0.4 is 16.4 Å². The van der Waals surface area contributed by atoms with Crippen molar-refractivity contribution < 1.29 is 4.79 Å². The number of urea groups is 1. The number of nitrogens with two attached hydrogens (primary N) is 1. The van der Waals surface area contributed by atoms with Crippen LogP contribution in [0.5, 0.6) is 0 Å². The van der Waals surface area contributed by atoms with Gasteiger partial charge >= 0.3 is 6.03 Å². The van der Waals surface area contributed by atoms with Crippen LogP contribution >= 0.6 is 0 Å². The molecule has 0 aliphatic heterocycles. The van der Waals surface area contributed by atoms with Gasteiger partial charge in [0.1, 0.15) is 0 Å². The molecule has 4 N–H and O–H groups in total. The average molecular weight is 261 g/mol. The second kappa shape index (κ2) is 7.14. The maximum atomic E-state index is 11.7. The van der Waals surface area contributed by atoms with Crippen molar-refractivity contribution >= 4 is 11.7 Å². The van der Waals surface area contributed by atoms with Crippen LogP contribution in [0.1, 0.15) is 37.7 Å². The fourth-order valence-electron chi connectivity index (χ4n) is 2.59. The molecule has 0 saturated heterocycles. The molecule has 0 aromatic heterocycles. The van der Waals surface area contributed by atoms with Crippen molar-refractivity contribution in [3.63, 3.8) is 0 Å². The number of hydrogen-bond acceptors (Lipinski definition) is 2. The smallest absolute Gasteiger partial charge is 0.319 e. The highest BCUT2D eigenvalue weighted by Crippen LogP contribution is 2.26. The number of benzene rings is 1. The summed E-state index contributed by atoms with van der Waals surface area (Å²) in [6.45, 7) is 1.28. The maximum Gasteiger partial charge on any atom is 0.319 e. The van der Waals surface area contributed by atoms with Crippen LogP contribution in [0, 0.1) is 5.92 Å². The van der Waals surface area contributed by atoms with E-state index in [9.17, 15) is 4.79 Å². The molecule has 0 unspecified atom stereocenters. The topological polar surface area (TPSA) is 67.1 Å². The Hall–Kier alpha value is -1.55. The Labute approximate surface area is 114 Å². The molecule has 0 radical (unpaired) electrons. The van der Waals surface area contributed by atoms with E-state index in [-0.39, 0.29) is 6.03 Å². The largest absolute Gasteiger partial charge is 0.338 e. The highest BCUT2D eigenvalue weighted by Gasteiger charge is 2.14. The van der Waals surface area contributed by atoms with Gasteiger partial charge in [-0.05, 0) is 30.0 Å². The van der Waals surface area contributed by atoms with Crippen molar-refractivity contribution in [1.29, 1.82) is 0 Å². The van der Waals surface area contributed by atoms with Gasteiger partial charge in [0.25, 0.3) is 0 Å². The summed E-state index contributed by atoms with van der Waals surface area (Å²) in [5.41, 5.74) is 7.39. The Bertz CT molecular complexity index is 396. The van der Waals surface area contributed by atoms with E-state index >= 15 is 0 Å². The van der Waals surface area contributed by atoms with Crippen molar-refractivity contribution in [2.45, 2.75) is 38.6 Å². The molecule has 2 rings (SSSR count). The van der Waals surface area contributed by atoms with Crippen molar-refractivity contribution in [3.8, 4) is 0 Å². The molecule has 0 heterocycles. The zero-order valence-corrected chi connectivity index (χ0v) is 11.3. The number of amides is 2. The first-order valence-corrected chi connectivity index (χ1v) is 7.12. The fraction of sp³-hybridized carbons (Fsp3) is 0.533. The van der Waals surface area contributed by atoms with Crippen LogP contribution in [0.2, 0.25) is 0 Å². The second-order valence-corrected chi connectivity index (χ2v) is 5.22. The van der Waals surface area contributed by atoms with Crippen LogP contribution in [0.3, 0.4) is 0 Å². The lowest BCUT2D eigenvalue weighted by Crippen LogP contribution is -2.30. The molecule has 1 aliphatic rings. The molecule has 0 atom stereocenters. The number of hydrogen-bond donors (Lipinski definition) is 3. The summed E-state index contributed by atoms with van der Waals surface area (Å²) in [6, 6.07) is 7.47. The molecular formula is C15H23N3O. The van der Waals surface area contributed by atoms with Crippen molar-refractivity contribution in [3.05, 3.63) is 29.8 Å². The summed E-state index contributed by atoms with van der Waals surface area (Å²) >= 11 is 0. The van der Waals surface area contributed by atoms with E-state index in [1.165, 1.54) is 25.7 Å². The van der Waals surface area contributed by atoms with E-state index in [0.717, 1.165) is 30.1 Å². The minimum absolute atomic E-state index is 0.126. The quantitative estimate of drug-likeness (QED) is 0.763. The van der Waals surface area contributed by atoms with Gasteiger partial charge in [0.15, 0.2) is 0 Å². The van der Waals surface area contributed by atoms with Crippen LogP contribution in [-0.2, 0) is 6.54 Å². The highest BCUT2D eigenvalue weighted by molar-refractivity contribution is 5.89. The van der Waals surface area contributed by atoms with Gasteiger partial charge in [-0.3, -0.25) is 0 Å². The Balaban J connectivity index is 1.68. The summed E-state index contributed by atoms with van der Waals surface area (Å²) in [5.74, 6) is 0.809. The minimum Gasteiger partial charge on any atom is -0.338 e. The predicted octanol–water partition coefficient (Wildman–Crippen LogP) is 2.85. The molecule has 4 heteroatoms. The van der Waals surface area contributed by atoms with E-state index < -0.39 is 0 Å². The first-order chi connectivity index (χ1) is 9.28. The van der Waals surface area contributed by atoms with Crippen LogP contribution in [-0.4, -0.2) is 12.6 Å². The minimum atomic E-state index is -0.126. The monoisotopic (exact) mass is 261 g/mol. The molecule has 2 amide bonds. The Kier molecular flexibility index (Phi) is 5.21. The van der Waals surface area contributed by atoms with Gasteiger partial charge in [-0.1, -0.05) is 37.8 Å². The first kappa shape index (κ1) is 13.9. The van der Waals surface area contributed by atoms with Crippen molar-refractivity contribution in [2.75, 3.05) is 11.9 Å². The van der Waals surface area contributed by atoms with Crippen LogP contribution in [0.15, 0.2) is 24.3 Å². The number of anilines is 1. The van der Waals surface area contributed by atoms with E-state index in [2.05, 4.69) is 10.6 Å². The summed E-state index contributed by atoms with van der Waals surface area (Å²) in [5, 5.41) is 5.74. The Morgan fingerprint density at radius 3 is 2.53 bits per heavy atom. The van der Waals surface area contributed by atoms with Gasteiger partial charge in [-0.2, -0.15) is 0 Å². The summed E-state index contributed by atoms with van der Waals surface area (Å²) in [7, 11) is 0. The maximum absolute atomic E-state index is 11.7. The Morgan fingerprint density at radius 1 is 1.21 bits per heavy atom. The third-order valence-electron chi connectivity index (χ3n) is 3.76. The Morgan fingerprint density at radius 2 is 1.89 bits per heavy atom. The zero-order valence-electron chi connectivity index (χ0n) is 11.3. The normalized spacial score (nSPS) is 15.4. The van der Waals surface area contributed by atoms with E-state index in [1.807, 2.05) is 24.3 Å². The third kappa shape index (κ3) is 4.56. The van der Waals surface area contributed by atoms with Gasteiger partial charge in [-0.15, -0.1) is 0 Å². The lowest BCUT2D eigenvalue weighted by molar-refractivity contribution is 0.251. The number of carbonyl (C=O) groups is 1. The van der Waals surface area contributed by atoms with E-state index in [0.29, 0.717) is 6.54 Å². The molecular weight excluding hydrogens is 238 g/mol. The SMILES string of the molecule is NCc1ccc(NC(=O)NCCC2CCCC2)cc1. The number of nitrogens with one attached hydrogen (secondary N) is 2. The molecule has 1 fully saturated rings. The van der Waals surface area contributed by atoms with Crippen LogP contribution in [0.4, 0.5) is 10.5 Å². The van der Waals surface area contributed by atoms with E-state index in [4.69, 9.17) is 5.73 Å². The van der Waals surface area contributed by atoms with Gasteiger partial charge < -0.3 is 16.4 Å². The lowest BCUT2D eigenvalue weighted by atomic mass is 10.0. The molecule has 0 bridgehead atoms. The summed E-state index contributed by atoms with van der Waals surface area (Å²) < 4.78 is 0. The zero-order chi connectivity index (χ0) is 13.5. The first-order valence-electron chi connectivity index (χ1n) is 7.12. The van der Waals surface area contributed by atoms with E-state index in [1.54, 1.807) is 0 Å². The molecule has 104 valence electrons. The van der Waals surface area contributed by atoms with Crippen molar-refractivity contribution in [1.82, 2.24) is 5.32 Å². The predicted molar refractivity (Wildman–Crippen MR) is 77.9 cm³/mol. The van der Waals surface area contributed by atoms with Crippen LogP contribution in [0.25, 0.3) is 0 Å². The standard InChI is InChI=1S/C15H23N3O/c16-11-13-5-7-14(8-6-13)18-15(19)17-10-9-12-3-1-2-4-12/h5-8,12H,1-4,9-11,16H2,(H2,17,18,19). The van der Waals surface area contributed by atoms with Crippen molar-refractivity contribution in [2.24, 2.45) is 11.7 Å². The second-order valence-electron chi connectivity index (χ2n) is 5.22. The average Bonchev–Trinajstić information content (AvgIpc) is 2.93. The third-order valence-corrected chi connectivity index (χ3v) is 3.76. The van der Waals surface area contributed by atoms with Gasteiger partial charge in [0, 0.05) is 18.8 Å². The van der Waals surface area contributed by atoms with Gasteiger partial charge in [0.2, 0.25) is 0 Å². The highest BCUT2D eigenvalue weighted by atomic mass is 16.2.